The highest BCUT2D eigenvalue weighted by Crippen LogP contribution is 2.38. The predicted octanol–water partition coefficient (Wildman–Crippen LogP) is 5.54. The van der Waals surface area contributed by atoms with Gasteiger partial charge in [0.05, 0.1) is 0 Å². The van der Waals surface area contributed by atoms with E-state index in [2.05, 4.69) is 77.6 Å². The normalized spacial score (nSPS) is 12.7. The lowest BCUT2D eigenvalue weighted by Gasteiger charge is -2.28. The zero-order valence-corrected chi connectivity index (χ0v) is 13.7. The molecule has 0 atom stereocenters. The molecule has 0 heterocycles. The number of benzene rings is 3. The molecule has 0 aliphatic rings. The molecule has 0 aromatic heterocycles. The zero-order chi connectivity index (χ0) is 15.4. The molecule has 3 aromatic rings. The minimum absolute atomic E-state index is 0.115. The molecule has 0 saturated heterocycles. The Morgan fingerprint density at radius 1 is 0.905 bits per heavy atom. The Morgan fingerprint density at radius 3 is 2.00 bits per heavy atom. The van der Waals surface area contributed by atoms with Crippen LogP contribution in [0.15, 0.2) is 36.4 Å². The summed E-state index contributed by atoms with van der Waals surface area (Å²) in [5.74, 6) is 0.482. The molecule has 0 N–H and O–H groups in total. The lowest BCUT2D eigenvalue weighted by molar-refractivity contribution is 0.582. The molecule has 0 aliphatic heterocycles. The predicted molar refractivity (Wildman–Crippen MR) is 95.0 cm³/mol. The molecule has 108 valence electrons. The molecule has 3 aromatic carbocycles. The number of hydrogen-bond acceptors (Lipinski definition) is 0. The van der Waals surface area contributed by atoms with Crippen LogP contribution in [0.2, 0.25) is 0 Å². The molecule has 0 nitrogen and oxygen atoms in total. The van der Waals surface area contributed by atoms with Gasteiger partial charge in [0.1, 0.15) is 0 Å². The highest BCUT2D eigenvalue weighted by Gasteiger charge is 2.24. The van der Waals surface area contributed by atoms with Gasteiger partial charge in [-0.05, 0) is 49.2 Å². The first kappa shape index (κ1) is 14.1. The topological polar surface area (TPSA) is 0 Å². The summed E-state index contributed by atoms with van der Waals surface area (Å²) < 4.78 is 0. The maximum atomic E-state index is 4.45. The third kappa shape index (κ3) is 2.05. The Morgan fingerprint density at radius 2 is 1.48 bits per heavy atom. The van der Waals surface area contributed by atoms with Crippen LogP contribution in [0, 0.1) is 0 Å². The van der Waals surface area contributed by atoms with E-state index in [4.69, 9.17) is 0 Å². The largest absolute Gasteiger partial charge is 0.0908 e. The fourth-order valence-corrected chi connectivity index (χ4v) is 3.69. The second kappa shape index (κ2) is 4.59. The first-order chi connectivity index (χ1) is 9.82. The minimum Gasteiger partial charge on any atom is -0.0908 e. The van der Waals surface area contributed by atoms with Crippen molar-refractivity contribution in [1.82, 2.24) is 0 Å². The van der Waals surface area contributed by atoms with Crippen molar-refractivity contribution in [2.45, 2.75) is 46.0 Å². The Balaban J connectivity index is 2.69. The van der Waals surface area contributed by atoms with Crippen molar-refractivity contribution in [3.63, 3.8) is 0 Å². The summed E-state index contributed by atoms with van der Waals surface area (Å²) in [7, 11) is 0. The average Bonchev–Trinajstić information content (AvgIpc) is 2.40. The van der Waals surface area contributed by atoms with E-state index in [1.807, 2.05) is 0 Å². The van der Waals surface area contributed by atoms with Crippen molar-refractivity contribution in [1.29, 1.82) is 0 Å². The van der Waals surface area contributed by atoms with Crippen LogP contribution in [0.4, 0.5) is 0 Å². The Kier molecular flexibility index (Phi) is 3.09. The molecule has 0 unspecified atom stereocenters. The fraction of sp³-hybridized carbons (Fsp3) is 0.333. The van der Waals surface area contributed by atoms with Crippen LogP contribution in [0.5, 0.6) is 0 Å². The molecule has 0 fully saturated rings. The minimum atomic E-state index is 0.115. The summed E-state index contributed by atoms with van der Waals surface area (Å²) in [5.41, 5.74) is 3.00. The van der Waals surface area contributed by atoms with E-state index in [1.54, 1.807) is 0 Å². The van der Waals surface area contributed by atoms with E-state index in [-0.39, 0.29) is 5.41 Å². The molecule has 0 bridgehead atoms. The Labute approximate surface area is 127 Å². The van der Waals surface area contributed by atoms with Crippen LogP contribution in [-0.4, -0.2) is 0 Å². The van der Waals surface area contributed by atoms with E-state index >= 15 is 0 Å². The van der Waals surface area contributed by atoms with E-state index in [9.17, 15) is 0 Å². The van der Waals surface area contributed by atoms with Gasteiger partial charge in [0.15, 0.2) is 0 Å². The molecular weight excluding hydrogens is 252 g/mol. The first-order valence-electron chi connectivity index (χ1n) is 7.78. The fourth-order valence-electron chi connectivity index (χ4n) is 3.69. The lowest BCUT2D eigenvalue weighted by Crippen LogP contribution is -2.23. The van der Waals surface area contributed by atoms with Crippen molar-refractivity contribution < 1.29 is 0 Å². The molecule has 21 heavy (non-hydrogen) atoms. The molecule has 0 radical (unpaired) electrons. The summed E-state index contributed by atoms with van der Waals surface area (Å²) >= 11 is 0. The third-order valence-corrected chi connectivity index (χ3v) is 4.42. The van der Waals surface area contributed by atoms with Crippen molar-refractivity contribution >= 4 is 28.1 Å². The highest BCUT2D eigenvalue weighted by atomic mass is 14.3. The van der Waals surface area contributed by atoms with E-state index in [1.165, 1.54) is 37.9 Å². The van der Waals surface area contributed by atoms with Crippen LogP contribution in [0.3, 0.4) is 0 Å². The van der Waals surface area contributed by atoms with Crippen LogP contribution >= 0.6 is 0 Å². The van der Waals surface area contributed by atoms with Gasteiger partial charge in [-0.3, -0.25) is 0 Å². The van der Waals surface area contributed by atoms with Gasteiger partial charge in [0.2, 0.25) is 0 Å². The van der Waals surface area contributed by atoms with Crippen molar-refractivity contribution in [2.24, 2.45) is 0 Å². The molecule has 0 spiro atoms. The second-order valence-electron chi connectivity index (χ2n) is 7.38. The van der Waals surface area contributed by atoms with Gasteiger partial charge < -0.3 is 0 Å². The third-order valence-electron chi connectivity index (χ3n) is 4.42. The van der Waals surface area contributed by atoms with E-state index in [0.29, 0.717) is 5.92 Å². The van der Waals surface area contributed by atoms with Crippen molar-refractivity contribution in [3.8, 4) is 0 Å². The van der Waals surface area contributed by atoms with Gasteiger partial charge in [-0.2, -0.15) is 0 Å². The average molecular weight is 276 g/mol. The highest BCUT2D eigenvalue weighted by molar-refractivity contribution is 6.12. The molecule has 3 rings (SSSR count). The molecule has 0 aliphatic carbocycles. The van der Waals surface area contributed by atoms with Gasteiger partial charge >= 0.3 is 0 Å². The quantitative estimate of drug-likeness (QED) is 0.547. The zero-order valence-electron chi connectivity index (χ0n) is 13.7. The molecule has 0 amide bonds. The van der Waals surface area contributed by atoms with E-state index < -0.39 is 0 Å². The Bertz CT molecular complexity index is 855. The summed E-state index contributed by atoms with van der Waals surface area (Å²) in [5, 5.41) is 6.60. The molecule has 0 heteroatoms. The molecular formula is C21H24. The van der Waals surface area contributed by atoms with Gasteiger partial charge in [0.25, 0.3) is 0 Å². The van der Waals surface area contributed by atoms with Crippen LogP contribution in [-0.2, 0) is 5.41 Å². The van der Waals surface area contributed by atoms with Crippen LogP contribution in [0.1, 0.15) is 51.7 Å². The monoisotopic (exact) mass is 276 g/mol. The summed E-state index contributed by atoms with van der Waals surface area (Å²) in [4.78, 5) is 0. The Hall–Kier alpha value is -1.82. The van der Waals surface area contributed by atoms with Gasteiger partial charge in [-0.25, -0.2) is 0 Å². The lowest BCUT2D eigenvalue weighted by atomic mass is 9.76. The summed E-state index contributed by atoms with van der Waals surface area (Å²) in [6.45, 7) is 15.9. The first-order valence-corrected chi connectivity index (χ1v) is 7.78. The summed E-state index contributed by atoms with van der Waals surface area (Å²) in [6.07, 6.45) is 0. The second-order valence-corrected chi connectivity index (χ2v) is 7.38. The van der Waals surface area contributed by atoms with Crippen LogP contribution < -0.4 is 5.22 Å². The molecule has 0 saturated carbocycles. The van der Waals surface area contributed by atoms with Crippen molar-refractivity contribution in [2.75, 3.05) is 0 Å². The van der Waals surface area contributed by atoms with Crippen LogP contribution in [0.25, 0.3) is 28.1 Å². The van der Waals surface area contributed by atoms with Crippen molar-refractivity contribution in [3.05, 3.63) is 52.7 Å². The smallest absolute Gasteiger partial charge is 0.00299 e. The van der Waals surface area contributed by atoms with Gasteiger partial charge in [-0.1, -0.05) is 77.6 Å². The number of hydrogen-bond donors (Lipinski definition) is 0. The SMILES string of the molecule is C=c1c(C(C)C)c(C(C)(C)C)c2cccc3cccc1c32. The standard InChI is InChI=1S/C21H24/c1-13(2)18-14(3)16-11-7-9-15-10-8-12-17(19(15)16)20(18)21(4,5)6/h7-13H,3H2,1-2,4-6H3. The summed E-state index contributed by atoms with van der Waals surface area (Å²) in [6, 6.07) is 13.2. The van der Waals surface area contributed by atoms with Gasteiger partial charge in [0, 0.05) is 0 Å². The maximum absolute atomic E-state index is 4.45. The number of rotatable bonds is 1. The maximum Gasteiger partial charge on any atom is -0.00299 e. The van der Waals surface area contributed by atoms with E-state index in [0.717, 1.165) is 0 Å². The van der Waals surface area contributed by atoms with Gasteiger partial charge in [-0.15, -0.1) is 0 Å².